The number of anilines is 1. The van der Waals surface area contributed by atoms with Gasteiger partial charge < -0.3 is 14.9 Å². The number of nitrogens with one attached hydrogen (secondary N) is 1. The van der Waals surface area contributed by atoms with E-state index < -0.39 is 5.60 Å². The third-order valence-electron chi connectivity index (χ3n) is 3.92. The molecule has 2 heterocycles. The molecule has 0 bridgehead atoms. The van der Waals surface area contributed by atoms with E-state index in [0.717, 1.165) is 22.6 Å². The normalized spacial score (nSPS) is 19.4. The maximum absolute atomic E-state index is 12.6. The number of rotatable bonds is 4. The molecule has 1 aliphatic rings. The number of oxime groups is 1. The second-order valence-corrected chi connectivity index (χ2v) is 5.94. The molecule has 0 saturated heterocycles. The molecule has 1 atom stereocenters. The monoisotopic (exact) mass is 325 g/mol. The van der Waals surface area contributed by atoms with Crippen LogP contribution in [0.1, 0.15) is 24.5 Å². The molecule has 2 aromatic rings. The number of methoxy groups -OCH3 is 1. The van der Waals surface area contributed by atoms with Gasteiger partial charge in [-0.15, -0.1) is 0 Å². The van der Waals surface area contributed by atoms with Gasteiger partial charge in [0.25, 0.3) is 5.91 Å². The van der Waals surface area contributed by atoms with Crippen molar-refractivity contribution in [3.05, 3.63) is 53.7 Å². The highest BCUT2D eigenvalue weighted by Crippen LogP contribution is 2.28. The first-order chi connectivity index (χ1) is 11.5. The lowest BCUT2D eigenvalue weighted by Gasteiger charge is -2.20. The number of aromatic nitrogens is 1. The second kappa shape index (κ2) is 6.31. The van der Waals surface area contributed by atoms with E-state index in [4.69, 9.17) is 9.57 Å². The number of amides is 1. The van der Waals surface area contributed by atoms with Crippen molar-refractivity contribution in [2.45, 2.75) is 25.9 Å². The van der Waals surface area contributed by atoms with Gasteiger partial charge in [-0.05, 0) is 61.4 Å². The van der Waals surface area contributed by atoms with Crippen molar-refractivity contribution in [3.63, 3.8) is 0 Å². The Labute approximate surface area is 140 Å². The number of hydrogen-bond donors (Lipinski definition) is 1. The fourth-order valence-corrected chi connectivity index (χ4v) is 2.45. The van der Waals surface area contributed by atoms with Crippen molar-refractivity contribution in [1.29, 1.82) is 0 Å². The first kappa shape index (κ1) is 16.0. The minimum absolute atomic E-state index is 0.270. The summed E-state index contributed by atoms with van der Waals surface area (Å²) < 4.78 is 5.14. The zero-order valence-electron chi connectivity index (χ0n) is 13.9. The first-order valence-electron chi connectivity index (χ1n) is 7.64. The summed E-state index contributed by atoms with van der Waals surface area (Å²) in [5.41, 5.74) is 1.60. The van der Waals surface area contributed by atoms with Crippen LogP contribution in [0, 0.1) is 6.92 Å². The van der Waals surface area contributed by atoms with E-state index in [1.165, 1.54) is 0 Å². The molecule has 1 aromatic heterocycles. The molecule has 0 fully saturated rings. The maximum atomic E-state index is 12.6. The van der Waals surface area contributed by atoms with Crippen LogP contribution in [0.5, 0.6) is 5.75 Å². The average Bonchev–Trinajstić information content (AvgIpc) is 2.99. The molecule has 24 heavy (non-hydrogen) atoms. The molecule has 3 rings (SSSR count). The molecule has 6 heteroatoms. The Morgan fingerprint density at radius 3 is 2.71 bits per heavy atom. The topological polar surface area (TPSA) is 72.8 Å². The molecular formula is C18H19N3O3. The molecule has 0 spiro atoms. The lowest BCUT2D eigenvalue weighted by Crippen LogP contribution is -2.40. The fourth-order valence-electron chi connectivity index (χ4n) is 2.45. The minimum Gasteiger partial charge on any atom is -0.497 e. The van der Waals surface area contributed by atoms with Gasteiger partial charge in [0, 0.05) is 12.6 Å². The average molecular weight is 325 g/mol. The summed E-state index contributed by atoms with van der Waals surface area (Å²) in [6.07, 6.45) is 2.04. The minimum atomic E-state index is -1.05. The van der Waals surface area contributed by atoms with Gasteiger partial charge >= 0.3 is 0 Å². The van der Waals surface area contributed by atoms with Crippen molar-refractivity contribution in [1.82, 2.24) is 4.98 Å². The Balaban J connectivity index is 1.70. The number of carbonyl (C=O) groups excluding carboxylic acids is 1. The largest absolute Gasteiger partial charge is 0.497 e. The number of aryl methyl sites for hydroxylation is 1. The molecule has 6 nitrogen and oxygen atoms in total. The van der Waals surface area contributed by atoms with Gasteiger partial charge in [0.15, 0.2) is 0 Å². The van der Waals surface area contributed by atoms with Gasteiger partial charge in [-0.25, -0.2) is 4.98 Å². The van der Waals surface area contributed by atoms with E-state index in [0.29, 0.717) is 12.2 Å². The van der Waals surface area contributed by atoms with Crippen LogP contribution in [0.4, 0.5) is 5.82 Å². The van der Waals surface area contributed by atoms with E-state index in [9.17, 15) is 4.79 Å². The van der Waals surface area contributed by atoms with Crippen molar-refractivity contribution in [2.75, 3.05) is 12.4 Å². The number of ether oxygens (including phenoxy) is 1. The number of hydrogen-bond acceptors (Lipinski definition) is 5. The maximum Gasteiger partial charge on any atom is 0.272 e. The molecule has 0 radical (unpaired) electrons. The highest BCUT2D eigenvalue weighted by atomic mass is 16.7. The molecule has 0 aliphatic carbocycles. The lowest BCUT2D eigenvalue weighted by molar-refractivity contribution is -0.135. The second-order valence-electron chi connectivity index (χ2n) is 5.94. The molecule has 0 saturated carbocycles. The summed E-state index contributed by atoms with van der Waals surface area (Å²) in [6, 6.07) is 11.2. The van der Waals surface area contributed by atoms with Crippen LogP contribution < -0.4 is 10.1 Å². The van der Waals surface area contributed by atoms with E-state index in [-0.39, 0.29) is 5.91 Å². The quantitative estimate of drug-likeness (QED) is 0.938. The van der Waals surface area contributed by atoms with Gasteiger partial charge in [-0.1, -0.05) is 5.16 Å². The number of nitrogens with zero attached hydrogens (tertiary/aromatic N) is 2. The molecule has 1 aromatic carbocycles. The smallest absolute Gasteiger partial charge is 0.272 e. The van der Waals surface area contributed by atoms with Crippen LogP contribution in [-0.4, -0.2) is 29.3 Å². The van der Waals surface area contributed by atoms with Crippen LogP contribution in [-0.2, 0) is 9.63 Å². The van der Waals surface area contributed by atoms with Gasteiger partial charge in [0.05, 0.1) is 12.8 Å². The molecule has 1 aliphatic heterocycles. The highest BCUT2D eigenvalue weighted by Gasteiger charge is 2.42. The summed E-state index contributed by atoms with van der Waals surface area (Å²) in [7, 11) is 1.62. The molecule has 1 amide bonds. The molecule has 1 N–H and O–H groups in total. The van der Waals surface area contributed by atoms with E-state index in [1.54, 1.807) is 26.3 Å². The predicted octanol–water partition coefficient (Wildman–Crippen LogP) is 2.92. The Morgan fingerprint density at radius 1 is 1.29 bits per heavy atom. The van der Waals surface area contributed by atoms with Gasteiger partial charge in [0.2, 0.25) is 5.60 Å². The number of carbonyl (C=O) groups is 1. The van der Waals surface area contributed by atoms with E-state index in [2.05, 4.69) is 15.5 Å². The summed E-state index contributed by atoms with van der Waals surface area (Å²) >= 11 is 0. The third kappa shape index (κ3) is 3.22. The standard InChI is InChI=1S/C18H19N3O3/c1-12-8-9-19-16(10-12)20-17(22)18(2)11-15(21-24-18)13-4-6-14(23-3)7-5-13/h4-10H,11H2,1-3H3,(H,19,20,22). The predicted molar refractivity (Wildman–Crippen MR) is 91.2 cm³/mol. The van der Waals surface area contributed by atoms with Crippen molar-refractivity contribution in [2.24, 2.45) is 5.16 Å². The third-order valence-corrected chi connectivity index (χ3v) is 3.92. The summed E-state index contributed by atoms with van der Waals surface area (Å²) in [5, 5.41) is 6.88. The lowest BCUT2D eigenvalue weighted by atomic mass is 9.95. The van der Waals surface area contributed by atoms with Crippen molar-refractivity contribution < 1.29 is 14.4 Å². The number of pyridine rings is 1. The SMILES string of the molecule is COc1ccc(C2=NOC(C)(C(=O)Nc3cc(C)ccn3)C2)cc1. The van der Waals surface area contributed by atoms with Crippen LogP contribution >= 0.6 is 0 Å². The van der Waals surface area contributed by atoms with Crippen LogP contribution in [0.25, 0.3) is 0 Å². The fraction of sp³-hybridized carbons (Fsp3) is 0.278. The Morgan fingerprint density at radius 2 is 2.04 bits per heavy atom. The van der Waals surface area contributed by atoms with Gasteiger partial charge in [0.1, 0.15) is 11.6 Å². The van der Waals surface area contributed by atoms with E-state index in [1.807, 2.05) is 37.3 Å². The van der Waals surface area contributed by atoms with Crippen molar-refractivity contribution >= 4 is 17.4 Å². The summed E-state index contributed by atoms with van der Waals surface area (Å²) in [6.45, 7) is 3.66. The van der Waals surface area contributed by atoms with Gasteiger partial charge in [-0.3, -0.25) is 4.79 Å². The van der Waals surface area contributed by atoms with Crippen LogP contribution in [0.3, 0.4) is 0 Å². The zero-order valence-corrected chi connectivity index (χ0v) is 13.9. The molecule has 1 unspecified atom stereocenters. The zero-order chi connectivity index (χ0) is 17.2. The Bertz CT molecular complexity index is 786. The van der Waals surface area contributed by atoms with E-state index >= 15 is 0 Å². The summed E-state index contributed by atoms with van der Waals surface area (Å²) in [4.78, 5) is 22.1. The summed E-state index contributed by atoms with van der Waals surface area (Å²) in [5.74, 6) is 1.000. The molecule has 124 valence electrons. The Kier molecular flexibility index (Phi) is 4.20. The first-order valence-corrected chi connectivity index (χ1v) is 7.64. The number of benzene rings is 1. The Hall–Kier alpha value is -2.89. The van der Waals surface area contributed by atoms with Gasteiger partial charge in [-0.2, -0.15) is 0 Å². The molecular weight excluding hydrogens is 306 g/mol. The van der Waals surface area contributed by atoms with Crippen molar-refractivity contribution in [3.8, 4) is 5.75 Å². The van der Waals surface area contributed by atoms with Crippen LogP contribution in [0.2, 0.25) is 0 Å². The highest BCUT2D eigenvalue weighted by molar-refractivity contribution is 6.07. The van der Waals surface area contributed by atoms with Crippen LogP contribution in [0.15, 0.2) is 47.8 Å².